The van der Waals surface area contributed by atoms with Crippen molar-refractivity contribution in [3.05, 3.63) is 59.2 Å². The molecule has 1 aliphatic heterocycles. The van der Waals surface area contributed by atoms with Crippen LogP contribution in [0.3, 0.4) is 0 Å². The highest BCUT2D eigenvalue weighted by atomic mass is 31.3. The van der Waals surface area contributed by atoms with Gasteiger partial charge >= 0.3 is 28.0 Å². The van der Waals surface area contributed by atoms with Crippen LogP contribution < -0.4 is 16.6 Å². The summed E-state index contributed by atoms with van der Waals surface area (Å²) in [5, 5.41) is -6.17. The lowest BCUT2D eigenvalue weighted by atomic mass is 10.4. The molecule has 206 valence electrons. The molecule has 6 N–H and O–H groups in total. The van der Waals surface area contributed by atoms with Crippen LogP contribution in [-0.4, -0.2) is 58.7 Å². The molecule has 38 heavy (non-hydrogen) atoms. The van der Waals surface area contributed by atoms with E-state index in [1.54, 1.807) is 0 Å². The molecule has 1 aliphatic rings. The molecule has 0 saturated heterocycles. The number of hydrogen-bond acceptors (Lipinski definition) is 10. The molecule has 15 nitrogen and oxygen atoms in total. The molecule has 3 aromatic rings. The van der Waals surface area contributed by atoms with Crippen molar-refractivity contribution in [2.24, 2.45) is 0 Å². The van der Waals surface area contributed by atoms with E-state index in [0.717, 1.165) is 24.3 Å². The number of rotatable bonds is 10. The molecule has 2 aromatic heterocycles. The largest absolute Gasteiger partial charge is 0.422 e. The van der Waals surface area contributed by atoms with E-state index < -0.39 is 64.1 Å². The van der Waals surface area contributed by atoms with Crippen LogP contribution >= 0.6 is 22.6 Å². The Hall–Kier alpha value is -2.58. The molecule has 0 spiro atoms. The van der Waals surface area contributed by atoms with Crippen molar-refractivity contribution in [2.45, 2.75) is 17.7 Å². The van der Waals surface area contributed by atoms with Crippen molar-refractivity contribution in [3.8, 4) is 0 Å². The fraction of sp³-hybridized carbons (Fsp3) is 0.278. The summed E-state index contributed by atoms with van der Waals surface area (Å²) in [7, 11) is -17.7. The predicted octanol–water partition coefficient (Wildman–Crippen LogP) is 1.66. The Morgan fingerprint density at radius 1 is 1.16 bits per heavy atom. The Morgan fingerprint density at radius 2 is 1.84 bits per heavy atom. The van der Waals surface area contributed by atoms with Gasteiger partial charge < -0.3 is 29.9 Å². The third-order valence-electron chi connectivity index (χ3n) is 5.12. The molecule has 3 unspecified atom stereocenters. The molecule has 0 fully saturated rings. The quantitative estimate of drug-likeness (QED) is 0.166. The number of nitrogens with one attached hydrogen (secondary N) is 1. The van der Waals surface area contributed by atoms with Gasteiger partial charge in [-0.25, -0.2) is 9.29 Å². The van der Waals surface area contributed by atoms with Crippen LogP contribution in [-0.2, 0) is 27.5 Å². The highest BCUT2D eigenvalue weighted by Gasteiger charge is 2.66. The van der Waals surface area contributed by atoms with E-state index in [2.05, 4.69) is 19.3 Å². The van der Waals surface area contributed by atoms with Gasteiger partial charge in [0.2, 0.25) is 5.95 Å². The molecule has 0 amide bonds. The Balaban J connectivity index is 1.36. The molecular weight excluding hydrogens is 577 g/mol. The number of nitrogens with zero attached hydrogens (tertiary/aromatic N) is 3. The van der Waals surface area contributed by atoms with Crippen LogP contribution in [0.25, 0.3) is 11.2 Å². The summed E-state index contributed by atoms with van der Waals surface area (Å²) in [6.07, 6.45) is 1.27. The number of H-pyrrole nitrogens is 1. The van der Waals surface area contributed by atoms with Crippen LogP contribution in [0, 0.1) is 0 Å². The first-order valence-corrected chi connectivity index (χ1v) is 15.4. The summed E-state index contributed by atoms with van der Waals surface area (Å²) in [5.74, 6) is -0.155. The molecular formula is C18H20F2N5O10P3. The number of imidazole rings is 1. The second-order valence-corrected chi connectivity index (χ2v) is 14.3. The number of benzene rings is 1. The van der Waals surface area contributed by atoms with Gasteiger partial charge in [0, 0.05) is 5.30 Å². The number of aromatic nitrogens is 4. The van der Waals surface area contributed by atoms with E-state index in [1.807, 2.05) is 0 Å². The number of nitrogens with two attached hydrogens (primary N) is 1. The van der Waals surface area contributed by atoms with Crippen molar-refractivity contribution in [1.29, 1.82) is 0 Å². The second-order valence-electron chi connectivity index (χ2n) is 7.89. The summed E-state index contributed by atoms with van der Waals surface area (Å²) < 4.78 is 81.9. The Bertz CT molecular complexity index is 1580. The summed E-state index contributed by atoms with van der Waals surface area (Å²) >= 11 is 0. The third-order valence-corrected chi connectivity index (χ3v) is 11.5. The van der Waals surface area contributed by atoms with Gasteiger partial charge in [-0.05, 0) is 18.2 Å². The molecule has 5 atom stereocenters. The van der Waals surface area contributed by atoms with Crippen LogP contribution in [0.5, 0.6) is 0 Å². The fourth-order valence-corrected chi connectivity index (χ4v) is 8.59. The number of nitrogen functional groups attached to an aromatic ring is 1. The van der Waals surface area contributed by atoms with E-state index in [0.29, 0.717) is 0 Å². The molecule has 0 bridgehead atoms. The van der Waals surface area contributed by atoms with Gasteiger partial charge in [0.05, 0.1) is 12.9 Å². The second kappa shape index (κ2) is 10.2. The summed E-state index contributed by atoms with van der Waals surface area (Å²) in [6.45, 7) is -0.432. The van der Waals surface area contributed by atoms with Crippen LogP contribution in [0.2, 0.25) is 0 Å². The van der Waals surface area contributed by atoms with Crippen molar-refractivity contribution in [2.75, 3.05) is 18.7 Å². The Kier molecular flexibility index (Phi) is 7.62. The SMILES string of the molecule is Nc1nc2c(ncn2[C@H]2C=C[C@@H](COCP(=O)(O)OP(=O)(O)C(F)(F)P(=O)(O)c3ccccc3)O2)c(=O)[nH]1. The molecule has 0 radical (unpaired) electrons. The number of hydrogen-bond donors (Lipinski definition) is 5. The zero-order valence-corrected chi connectivity index (χ0v) is 21.6. The molecule has 3 heterocycles. The van der Waals surface area contributed by atoms with Crippen LogP contribution in [0.15, 0.2) is 53.6 Å². The van der Waals surface area contributed by atoms with Gasteiger partial charge in [-0.15, -0.1) is 0 Å². The minimum atomic E-state index is -6.48. The number of ether oxygens (including phenoxy) is 2. The number of aromatic amines is 1. The van der Waals surface area contributed by atoms with E-state index >= 15 is 0 Å². The van der Waals surface area contributed by atoms with Crippen molar-refractivity contribution in [1.82, 2.24) is 19.5 Å². The highest BCUT2D eigenvalue weighted by molar-refractivity contribution is 7.81. The van der Waals surface area contributed by atoms with Crippen molar-refractivity contribution in [3.63, 3.8) is 0 Å². The standard InChI is InChI=1S/C18H20F2N5O10P3/c19-18(20,37(29,30)12-4-2-1-3-5-12)38(31,32)35-36(27,28)10-33-8-11-6-7-13(34-11)25-9-22-14-15(25)23-17(21)24-16(14)26/h1-7,9,11,13H,8,10H2,(H,27,28)(H,29,30)(H,31,32)(H3,21,23,24,26)/t11-,13+/m0/s1. The van der Waals surface area contributed by atoms with Gasteiger partial charge in [-0.2, -0.15) is 13.8 Å². The number of anilines is 1. The van der Waals surface area contributed by atoms with E-state index in [-0.39, 0.29) is 17.1 Å². The van der Waals surface area contributed by atoms with E-state index in [4.69, 9.17) is 15.2 Å². The van der Waals surface area contributed by atoms with Gasteiger partial charge in [0.25, 0.3) is 5.56 Å². The first-order chi connectivity index (χ1) is 17.6. The van der Waals surface area contributed by atoms with Crippen molar-refractivity contribution >= 4 is 45.0 Å². The first kappa shape index (κ1) is 28.4. The summed E-state index contributed by atoms with van der Waals surface area (Å²) in [6, 6.07) is 5.30. The van der Waals surface area contributed by atoms with Gasteiger partial charge in [-0.1, -0.05) is 24.3 Å². The van der Waals surface area contributed by atoms with Gasteiger partial charge in [0.15, 0.2) is 17.4 Å². The predicted molar refractivity (Wildman–Crippen MR) is 128 cm³/mol. The normalized spacial score (nSPS) is 22.7. The minimum absolute atomic E-state index is 0.000747. The number of halogens is 2. The highest BCUT2D eigenvalue weighted by Crippen LogP contribution is 2.78. The number of fused-ring (bicyclic) bond motifs is 1. The zero-order valence-electron chi connectivity index (χ0n) is 18.9. The Morgan fingerprint density at radius 3 is 2.53 bits per heavy atom. The lowest BCUT2D eigenvalue weighted by Gasteiger charge is -2.27. The van der Waals surface area contributed by atoms with Crippen molar-refractivity contribution < 1.29 is 50.9 Å². The molecule has 0 aliphatic carbocycles. The van der Waals surface area contributed by atoms with Gasteiger partial charge in [0.1, 0.15) is 12.5 Å². The summed E-state index contributed by atoms with van der Waals surface area (Å²) in [4.78, 5) is 51.6. The van der Waals surface area contributed by atoms with E-state index in [9.17, 15) is 42.0 Å². The topological polar surface area (TPSA) is 229 Å². The van der Waals surface area contributed by atoms with Gasteiger partial charge in [-0.3, -0.25) is 28.0 Å². The average molecular weight is 597 g/mol. The lowest BCUT2D eigenvalue weighted by molar-refractivity contribution is -0.0216. The van der Waals surface area contributed by atoms with E-state index in [1.165, 1.54) is 29.1 Å². The monoisotopic (exact) mass is 597 g/mol. The maximum atomic E-state index is 14.6. The molecule has 20 heteroatoms. The minimum Gasteiger partial charge on any atom is -0.369 e. The molecule has 4 rings (SSSR count). The molecule has 1 aromatic carbocycles. The average Bonchev–Trinajstić information content (AvgIpc) is 3.45. The zero-order chi connectivity index (χ0) is 27.9. The first-order valence-electron chi connectivity index (χ1n) is 10.4. The lowest BCUT2D eigenvalue weighted by Crippen LogP contribution is -2.25. The Labute approximate surface area is 211 Å². The third kappa shape index (κ3) is 5.43. The smallest absolute Gasteiger partial charge is 0.369 e. The van der Waals surface area contributed by atoms with Crippen LogP contribution in [0.4, 0.5) is 14.7 Å². The maximum Gasteiger partial charge on any atom is 0.422 e. The molecule has 0 saturated carbocycles. The fourth-order valence-electron chi connectivity index (χ4n) is 3.36. The maximum absolute atomic E-state index is 14.6. The van der Waals surface area contributed by atoms with Crippen LogP contribution in [0.1, 0.15) is 6.23 Å². The summed E-state index contributed by atoms with van der Waals surface area (Å²) in [5.41, 5.74) is 5.09. The number of alkyl halides is 2.